The molecule has 0 aliphatic rings. The normalized spacial score (nSPS) is 12.7. The van der Waals surface area contributed by atoms with E-state index in [2.05, 4.69) is 113 Å². The average Bonchev–Trinajstić information content (AvgIpc) is 3.98. The fourth-order valence-corrected chi connectivity index (χ4v) is 10.2. The van der Waals surface area contributed by atoms with Crippen LogP contribution in [0.2, 0.25) is 0 Å². The van der Waals surface area contributed by atoms with E-state index in [1.807, 2.05) is 95.6 Å². The quantitative estimate of drug-likeness (QED) is 0.173. The fourth-order valence-electron chi connectivity index (χ4n) is 10.2. The summed E-state index contributed by atoms with van der Waals surface area (Å²) in [5.74, 6) is 0.780. The molecule has 12 rings (SSSR count). The molecular formula is C60H47F3N6. The monoisotopic (exact) mass is 908 g/mol. The summed E-state index contributed by atoms with van der Waals surface area (Å²) in [6, 6.07) is 57.0. The Balaban J connectivity index is 1.12. The van der Waals surface area contributed by atoms with E-state index in [4.69, 9.17) is 15.0 Å². The number of fused-ring (bicyclic) bond motifs is 10. The third-order valence-electron chi connectivity index (χ3n) is 13.6. The Bertz CT molecular complexity index is 3940. The van der Waals surface area contributed by atoms with Gasteiger partial charge >= 0.3 is 6.18 Å². The van der Waals surface area contributed by atoms with Crippen LogP contribution in [0.15, 0.2) is 176 Å². The Morgan fingerprint density at radius 1 is 0.391 bits per heavy atom. The standard InChI is InChI=1S/C60H47F3N6/c1-58(2,3)38-26-30-49-44(34-38)45-35-39(59(4,5)6)27-31-50(45)69(49)57-65-55(36-17-9-7-10-18-36)64-56(66-57)37-25-29-51(46(33-37)60(61,62)63)68-47-23-15-13-21-41(47)42-28-32-52-53(54(42)68)43-22-14-16-24-48(43)67(52)40-19-11-8-12-20-40/h7-35H,1-6H3. The summed E-state index contributed by atoms with van der Waals surface area (Å²) in [7, 11) is 0. The third-order valence-corrected chi connectivity index (χ3v) is 13.6. The lowest BCUT2D eigenvalue weighted by atomic mass is 9.85. The lowest BCUT2D eigenvalue weighted by molar-refractivity contribution is -0.137. The molecular weight excluding hydrogens is 862 g/mol. The summed E-state index contributed by atoms with van der Waals surface area (Å²) >= 11 is 0. The molecule has 69 heavy (non-hydrogen) atoms. The highest BCUT2D eigenvalue weighted by atomic mass is 19.4. The van der Waals surface area contributed by atoms with Gasteiger partial charge < -0.3 is 9.13 Å². The molecule has 0 aliphatic heterocycles. The Kier molecular flexibility index (Phi) is 9.35. The third kappa shape index (κ3) is 6.81. The van der Waals surface area contributed by atoms with Crippen molar-refractivity contribution in [2.24, 2.45) is 0 Å². The molecule has 338 valence electrons. The van der Waals surface area contributed by atoms with Crippen molar-refractivity contribution in [2.45, 2.75) is 58.5 Å². The van der Waals surface area contributed by atoms with Crippen molar-refractivity contribution in [3.8, 4) is 40.1 Å². The summed E-state index contributed by atoms with van der Waals surface area (Å²) in [4.78, 5) is 15.1. The first-order valence-electron chi connectivity index (χ1n) is 23.3. The summed E-state index contributed by atoms with van der Waals surface area (Å²) in [6.45, 7) is 13.2. The van der Waals surface area contributed by atoms with Crippen molar-refractivity contribution >= 4 is 65.4 Å². The first-order valence-corrected chi connectivity index (χ1v) is 23.3. The van der Waals surface area contributed by atoms with Crippen LogP contribution in [0.3, 0.4) is 0 Å². The number of aromatic nitrogens is 6. The number of nitrogens with zero attached hydrogens (tertiary/aromatic N) is 6. The number of para-hydroxylation sites is 3. The highest BCUT2D eigenvalue weighted by molar-refractivity contribution is 6.26. The lowest BCUT2D eigenvalue weighted by Gasteiger charge is -2.19. The molecule has 0 radical (unpaired) electrons. The summed E-state index contributed by atoms with van der Waals surface area (Å²) in [5.41, 5.74) is 8.21. The van der Waals surface area contributed by atoms with Gasteiger partial charge in [0.2, 0.25) is 5.95 Å². The number of halogens is 3. The van der Waals surface area contributed by atoms with Gasteiger partial charge in [-0.25, -0.2) is 4.98 Å². The molecule has 0 amide bonds. The van der Waals surface area contributed by atoms with Gasteiger partial charge in [-0.1, -0.05) is 145 Å². The van der Waals surface area contributed by atoms with E-state index < -0.39 is 11.7 Å². The fraction of sp³-hybridized carbons (Fsp3) is 0.150. The van der Waals surface area contributed by atoms with Crippen molar-refractivity contribution in [2.75, 3.05) is 0 Å². The van der Waals surface area contributed by atoms with Crippen LogP contribution in [0.5, 0.6) is 0 Å². The van der Waals surface area contributed by atoms with Crippen LogP contribution in [0.25, 0.3) is 106 Å². The van der Waals surface area contributed by atoms with Gasteiger partial charge in [-0.05, 0) is 94.8 Å². The van der Waals surface area contributed by atoms with Crippen LogP contribution in [-0.4, -0.2) is 28.7 Å². The molecule has 0 spiro atoms. The molecule has 4 aromatic heterocycles. The Hall–Kier alpha value is -8.04. The Morgan fingerprint density at radius 2 is 0.913 bits per heavy atom. The Morgan fingerprint density at radius 3 is 1.52 bits per heavy atom. The zero-order valence-corrected chi connectivity index (χ0v) is 39.1. The molecule has 0 fully saturated rings. The van der Waals surface area contributed by atoms with Crippen molar-refractivity contribution < 1.29 is 13.2 Å². The van der Waals surface area contributed by atoms with E-state index in [0.29, 0.717) is 28.4 Å². The number of benzene rings is 8. The molecule has 4 heterocycles. The zero-order valence-electron chi connectivity index (χ0n) is 39.1. The second-order valence-electron chi connectivity index (χ2n) is 20.1. The zero-order chi connectivity index (χ0) is 47.6. The minimum atomic E-state index is -4.77. The second-order valence-corrected chi connectivity index (χ2v) is 20.1. The number of alkyl halides is 3. The summed E-state index contributed by atoms with van der Waals surface area (Å²) < 4.78 is 54.3. The van der Waals surface area contributed by atoms with Crippen molar-refractivity contribution in [1.82, 2.24) is 28.7 Å². The van der Waals surface area contributed by atoms with E-state index in [1.54, 1.807) is 16.7 Å². The van der Waals surface area contributed by atoms with Crippen molar-refractivity contribution in [3.63, 3.8) is 0 Å². The molecule has 0 atom stereocenters. The maximum Gasteiger partial charge on any atom is 0.418 e. The van der Waals surface area contributed by atoms with Crippen molar-refractivity contribution in [3.05, 3.63) is 193 Å². The molecule has 0 unspecified atom stereocenters. The van der Waals surface area contributed by atoms with Crippen LogP contribution in [0.4, 0.5) is 13.2 Å². The second kappa shape index (κ2) is 15.2. The number of hydrogen-bond donors (Lipinski definition) is 0. The largest absolute Gasteiger partial charge is 0.418 e. The molecule has 6 nitrogen and oxygen atoms in total. The van der Waals surface area contributed by atoms with Crippen LogP contribution in [0.1, 0.15) is 58.2 Å². The molecule has 0 N–H and O–H groups in total. The highest BCUT2D eigenvalue weighted by Gasteiger charge is 2.36. The molecule has 8 aromatic carbocycles. The minimum absolute atomic E-state index is 0.00533. The predicted molar refractivity (Wildman–Crippen MR) is 276 cm³/mol. The van der Waals surface area contributed by atoms with Gasteiger partial charge in [0.05, 0.1) is 44.4 Å². The molecule has 0 aliphatic carbocycles. The molecule has 0 saturated heterocycles. The van der Waals surface area contributed by atoms with Crippen LogP contribution in [-0.2, 0) is 17.0 Å². The smallest absolute Gasteiger partial charge is 0.309 e. The van der Waals surface area contributed by atoms with E-state index in [0.717, 1.165) is 60.1 Å². The van der Waals surface area contributed by atoms with Gasteiger partial charge in [0, 0.05) is 49.1 Å². The van der Waals surface area contributed by atoms with Gasteiger partial charge in [-0.2, -0.15) is 23.1 Å². The maximum absolute atomic E-state index is 16.1. The first-order chi connectivity index (χ1) is 33.1. The molecule has 9 heteroatoms. The number of hydrogen-bond acceptors (Lipinski definition) is 3. The van der Waals surface area contributed by atoms with E-state index in [-0.39, 0.29) is 27.9 Å². The average molecular weight is 909 g/mol. The van der Waals surface area contributed by atoms with Crippen LogP contribution >= 0.6 is 0 Å². The van der Waals surface area contributed by atoms with Gasteiger partial charge in [-0.3, -0.25) is 4.57 Å². The highest BCUT2D eigenvalue weighted by Crippen LogP contribution is 2.45. The van der Waals surface area contributed by atoms with Crippen LogP contribution < -0.4 is 0 Å². The predicted octanol–water partition coefficient (Wildman–Crippen LogP) is 16.1. The van der Waals surface area contributed by atoms with Crippen molar-refractivity contribution in [1.29, 1.82) is 0 Å². The number of rotatable bonds is 5. The van der Waals surface area contributed by atoms with Gasteiger partial charge in [0.15, 0.2) is 11.6 Å². The Labute approximate surface area is 397 Å². The SMILES string of the molecule is CC(C)(C)c1ccc2c(c1)c1cc(C(C)(C)C)ccc1n2-c1nc(-c2ccccc2)nc(-c2ccc(-n3c4ccccc4c4ccc5c(c6ccccc6n5-c5ccccc5)c43)c(C(F)(F)F)c2)n1. The topological polar surface area (TPSA) is 53.5 Å². The molecule has 0 saturated carbocycles. The lowest BCUT2D eigenvalue weighted by Crippen LogP contribution is -2.12. The first kappa shape index (κ1) is 42.3. The molecule has 0 bridgehead atoms. The van der Waals surface area contributed by atoms with Gasteiger partial charge in [0.25, 0.3) is 0 Å². The van der Waals surface area contributed by atoms with E-state index in [1.165, 1.54) is 17.2 Å². The van der Waals surface area contributed by atoms with Crippen LogP contribution in [0, 0.1) is 0 Å². The summed E-state index contributed by atoms with van der Waals surface area (Å²) in [5, 5.41) is 5.61. The summed E-state index contributed by atoms with van der Waals surface area (Å²) in [6.07, 6.45) is -4.77. The maximum atomic E-state index is 16.1. The van der Waals surface area contributed by atoms with Gasteiger partial charge in [-0.15, -0.1) is 0 Å². The molecule has 12 aromatic rings. The minimum Gasteiger partial charge on any atom is -0.309 e. The van der Waals surface area contributed by atoms with E-state index in [9.17, 15) is 0 Å². The van der Waals surface area contributed by atoms with Gasteiger partial charge in [0.1, 0.15) is 0 Å². The van der Waals surface area contributed by atoms with E-state index >= 15 is 13.2 Å².